The predicted molar refractivity (Wildman–Crippen MR) is 66.2 cm³/mol. The van der Waals surface area contributed by atoms with Crippen molar-refractivity contribution in [3.05, 3.63) is 0 Å². The molecular weight excluding hydrogens is 296 g/mol. The van der Waals surface area contributed by atoms with Gasteiger partial charge in [-0.25, -0.2) is 8.78 Å². The minimum atomic E-state index is -4.39. The highest BCUT2D eigenvalue weighted by Gasteiger charge is 2.42. The lowest BCUT2D eigenvalue weighted by Gasteiger charge is -2.26. The van der Waals surface area contributed by atoms with E-state index in [1.165, 1.54) is 0 Å². The Kier molecular flexibility index (Phi) is 7.12. The molecule has 0 aliphatic rings. The number of carbonyl (C=O) groups is 2. The lowest BCUT2D eigenvalue weighted by molar-refractivity contribution is -0.180. The van der Waals surface area contributed by atoms with Crippen LogP contribution in [0.4, 0.5) is 17.6 Å². The van der Waals surface area contributed by atoms with Gasteiger partial charge >= 0.3 is 24.3 Å². The minimum Gasteiger partial charge on any atom is -0.462 e. The Morgan fingerprint density at radius 3 is 1.95 bits per heavy atom. The summed E-state index contributed by atoms with van der Waals surface area (Å²) in [5.41, 5.74) is -0.282. The van der Waals surface area contributed by atoms with Crippen molar-refractivity contribution in [2.75, 3.05) is 6.61 Å². The fraction of sp³-hybridized carbons (Fsp3) is 0.846. The standard InChI is InChI=1S/C13H20F4O4/c1-8(12(2,3)4)21-10(19)6-5-9(18)20-7-13(16,17)11(14)15/h8,11H,5-7H2,1-4H3. The SMILES string of the molecule is CC(OC(=O)CCC(=O)OCC(F)(F)C(F)F)C(C)(C)C. The largest absolute Gasteiger partial charge is 0.462 e. The van der Waals surface area contributed by atoms with Gasteiger partial charge in [-0.05, 0) is 12.3 Å². The molecule has 0 saturated heterocycles. The first kappa shape index (κ1) is 19.7. The highest BCUT2D eigenvalue weighted by Crippen LogP contribution is 2.23. The van der Waals surface area contributed by atoms with Gasteiger partial charge in [0, 0.05) is 0 Å². The average molecular weight is 316 g/mol. The smallest absolute Gasteiger partial charge is 0.340 e. The van der Waals surface area contributed by atoms with Crippen LogP contribution in [0, 0.1) is 5.41 Å². The molecule has 0 rings (SSSR count). The molecule has 0 spiro atoms. The van der Waals surface area contributed by atoms with Crippen LogP contribution < -0.4 is 0 Å². The van der Waals surface area contributed by atoms with Gasteiger partial charge in [0.2, 0.25) is 0 Å². The Labute approximate surface area is 120 Å². The van der Waals surface area contributed by atoms with Crippen molar-refractivity contribution in [1.29, 1.82) is 0 Å². The van der Waals surface area contributed by atoms with E-state index in [0.29, 0.717) is 0 Å². The Morgan fingerprint density at radius 1 is 1.05 bits per heavy atom. The summed E-state index contributed by atoms with van der Waals surface area (Å²) in [5, 5.41) is 0. The van der Waals surface area contributed by atoms with Crippen molar-refractivity contribution < 1.29 is 36.6 Å². The van der Waals surface area contributed by atoms with E-state index in [1.807, 2.05) is 20.8 Å². The number of halogens is 4. The molecule has 0 heterocycles. The molecule has 8 heteroatoms. The highest BCUT2D eigenvalue weighted by atomic mass is 19.3. The number of alkyl halides is 4. The van der Waals surface area contributed by atoms with Gasteiger partial charge in [-0.15, -0.1) is 0 Å². The predicted octanol–water partition coefficient (Wildman–Crippen LogP) is 3.19. The van der Waals surface area contributed by atoms with Crippen LogP contribution in [0.2, 0.25) is 0 Å². The van der Waals surface area contributed by atoms with Gasteiger partial charge in [-0.2, -0.15) is 8.78 Å². The van der Waals surface area contributed by atoms with Crippen molar-refractivity contribution in [3.63, 3.8) is 0 Å². The molecule has 0 aliphatic carbocycles. The van der Waals surface area contributed by atoms with Gasteiger partial charge in [0.1, 0.15) is 6.10 Å². The van der Waals surface area contributed by atoms with Crippen LogP contribution in [0.3, 0.4) is 0 Å². The zero-order chi connectivity index (χ0) is 16.8. The van der Waals surface area contributed by atoms with E-state index in [9.17, 15) is 27.2 Å². The quantitative estimate of drug-likeness (QED) is 0.535. The van der Waals surface area contributed by atoms with Crippen molar-refractivity contribution >= 4 is 11.9 Å². The normalized spacial score (nSPS) is 14.0. The van der Waals surface area contributed by atoms with E-state index in [0.717, 1.165) is 0 Å². The highest BCUT2D eigenvalue weighted by molar-refractivity contribution is 5.77. The number of ether oxygens (including phenoxy) is 2. The molecule has 124 valence electrons. The summed E-state index contributed by atoms with van der Waals surface area (Å²) in [6.07, 6.45) is -5.18. The molecule has 0 radical (unpaired) electrons. The summed E-state index contributed by atoms with van der Waals surface area (Å²) in [4.78, 5) is 22.5. The molecule has 0 aliphatic heterocycles. The number of carbonyl (C=O) groups excluding carboxylic acids is 2. The van der Waals surface area contributed by atoms with Gasteiger partial charge < -0.3 is 9.47 Å². The summed E-state index contributed by atoms with van der Waals surface area (Å²) in [6.45, 7) is 5.53. The third kappa shape index (κ3) is 7.87. The number of esters is 2. The van der Waals surface area contributed by atoms with Gasteiger partial charge in [-0.1, -0.05) is 20.8 Å². The molecular formula is C13H20F4O4. The number of hydrogen-bond acceptors (Lipinski definition) is 4. The maximum absolute atomic E-state index is 12.5. The van der Waals surface area contributed by atoms with Crippen molar-refractivity contribution in [3.8, 4) is 0 Å². The third-order valence-electron chi connectivity index (χ3n) is 2.81. The molecule has 21 heavy (non-hydrogen) atoms. The monoisotopic (exact) mass is 316 g/mol. The summed E-state index contributed by atoms with van der Waals surface area (Å²) in [5.74, 6) is -6.23. The average Bonchev–Trinajstić information content (AvgIpc) is 2.32. The van der Waals surface area contributed by atoms with Gasteiger partial charge in [0.25, 0.3) is 0 Å². The van der Waals surface area contributed by atoms with Crippen LogP contribution >= 0.6 is 0 Å². The first-order chi connectivity index (χ1) is 9.36. The molecule has 0 saturated carbocycles. The first-order valence-corrected chi connectivity index (χ1v) is 6.37. The summed E-state index contributed by atoms with van der Waals surface area (Å²) in [6, 6.07) is 0. The van der Waals surface area contributed by atoms with E-state index in [-0.39, 0.29) is 11.8 Å². The van der Waals surface area contributed by atoms with Gasteiger partial charge in [-0.3, -0.25) is 9.59 Å². The molecule has 1 atom stereocenters. The van der Waals surface area contributed by atoms with Crippen LogP contribution in [0.25, 0.3) is 0 Å². The molecule has 0 aromatic rings. The van der Waals surface area contributed by atoms with Gasteiger partial charge in [0.15, 0.2) is 6.61 Å². The van der Waals surface area contributed by atoms with E-state index >= 15 is 0 Å². The Morgan fingerprint density at radius 2 is 1.52 bits per heavy atom. The molecule has 0 N–H and O–H groups in total. The second-order valence-electron chi connectivity index (χ2n) is 5.72. The summed E-state index contributed by atoms with van der Waals surface area (Å²) in [7, 11) is 0. The van der Waals surface area contributed by atoms with E-state index in [4.69, 9.17) is 4.74 Å². The van der Waals surface area contributed by atoms with Crippen molar-refractivity contribution in [2.45, 2.75) is 59.0 Å². The summed E-state index contributed by atoms with van der Waals surface area (Å²) < 4.78 is 57.7. The number of rotatable bonds is 7. The summed E-state index contributed by atoms with van der Waals surface area (Å²) >= 11 is 0. The van der Waals surface area contributed by atoms with E-state index < -0.39 is 43.4 Å². The van der Waals surface area contributed by atoms with E-state index in [2.05, 4.69) is 4.74 Å². The lowest BCUT2D eigenvalue weighted by Crippen LogP contribution is -2.33. The number of hydrogen-bond donors (Lipinski definition) is 0. The molecule has 0 aromatic heterocycles. The minimum absolute atomic E-state index is 0.282. The van der Waals surface area contributed by atoms with E-state index in [1.54, 1.807) is 6.92 Å². The van der Waals surface area contributed by atoms with Crippen molar-refractivity contribution in [2.24, 2.45) is 5.41 Å². The maximum atomic E-state index is 12.5. The second kappa shape index (κ2) is 7.61. The Bertz CT molecular complexity index is 364. The lowest BCUT2D eigenvalue weighted by atomic mass is 9.90. The molecule has 0 bridgehead atoms. The fourth-order valence-electron chi connectivity index (χ4n) is 0.949. The van der Waals surface area contributed by atoms with Crippen molar-refractivity contribution in [1.82, 2.24) is 0 Å². The van der Waals surface area contributed by atoms with Crippen LogP contribution in [-0.2, 0) is 19.1 Å². The molecule has 0 amide bonds. The van der Waals surface area contributed by atoms with Gasteiger partial charge in [0.05, 0.1) is 12.8 Å². The zero-order valence-corrected chi connectivity index (χ0v) is 12.4. The Balaban J connectivity index is 4.07. The maximum Gasteiger partial charge on any atom is 0.340 e. The molecule has 4 nitrogen and oxygen atoms in total. The fourth-order valence-corrected chi connectivity index (χ4v) is 0.949. The zero-order valence-electron chi connectivity index (χ0n) is 12.4. The first-order valence-electron chi connectivity index (χ1n) is 6.37. The van der Waals surface area contributed by atoms with Crippen LogP contribution in [0.15, 0.2) is 0 Å². The van der Waals surface area contributed by atoms with Crippen LogP contribution in [0.1, 0.15) is 40.5 Å². The molecule has 0 fully saturated rings. The molecule has 0 aromatic carbocycles. The van der Waals surface area contributed by atoms with Crippen LogP contribution in [-0.4, -0.2) is 37.0 Å². The Hall–Kier alpha value is -1.34. The van der Waals surface area contributed by atoms with Crippen LogP contribution in [0.5, 0.6) is 0 Å². The molecule has 1 unspecified atom stereocenters. The topological polar surface area (TPSA) is 52.6 Å². The second-order valence-corrected chi connectivity index (χ2v) is 5.72. The third-order valence-corrected chi connectivity index (χ3v) is 2.81.